The molecule has 2 aliphatic rings. The van der Waals surface area contributed by atoms with Gasteiger partial charge < -0.3 is 14.9 Å². The number of fused-ring (bicyclic) bond motifs is 2. The molecular weight excluding hydrogens is 256 g/mol. The van der Waals surface area contributed by atoms with Gasteiger partial charge in [-0.25, -0.2) is 5.01 Å². The molecule has 106 valence electrons. The van der Waals surface area contributed by atoms with Crippen LogP contribution in [0, 0.1) is 5.92 Å². The number of hydrogen-bond acceptors (Lipinski definition) is 6. The van der Waals surface area contributed by atoms with E-state index in [1.807, 2.05) is 0 Å². The normalized spacial score (nSPS) is 37.2. The summed E-state index contributed by atoms with van der Waals surface area (Å²) < 4.78 is 4.91. The van der Waals surface area contributed by atoms with Gasteiger partial charge in [0.15, 0.2) is 6.10 Å². The molecule has 19 heavy (non-hydrogen) atoms. The topological polar surface area (TPSA) is 116 Å². The van der Waals surface area contributed by atoms with E-state index in [-0.39, 0.29) is 6.42 Å². The monoisotopic (exact) mass is 272 g/mol. The van der Waals surface area contributed by atoms with Crippen LogP contribution in [-0.4, -0.2) is 57.4 Å². The first-order valence-electron chi connectivity index (χ1n) is 5.96. The van der Waals surface area contributed by atoms with E-state index >= 15 is 0 Å². The van der Waals surface area contributed by atoms with Gasteiger partial charge in [-0.15, -0.1) is 0 Å². The zero-order chi connectivity index (χ0) is 14.3. The van der Waals surface area contributed by atoms with Gasteiger partial charge in [-0.3, -0.25) is 19.8 Å². The quantitative estimate of drug-likeness (QED) is 0.497. The highest BCUT2D eigenvalue weighted by atomic mass is 16.5. The molecule has 0 aromatic carbocycles. The average Bonchev–Trinajstić information content (AvgIpc) is 2.56. The number of esters is 1. The van der Waals surface area contributed by atoms with Crippen molar-refractivity contribution in [3.63, 3.8) is 0 Å². The summed E-state index contributed by atoms with van der Waals surface area (Å²) in [6, 6.07) is -0.705. The first kappa shape index (κ1) is 13.8. The Morgan fingerprint density at radius 2 is 1.95 bits per heavy atom. The average molecular weight is 272 g/mol. The molecule has 2 bridgehead atoms. The molecule has 2 fully saturated rings. The fraction of sp³-hybridized carbons (Fsp3) is 0.727. The molecule has 0 radical (unpaired) electrons. The zero-order valence-corrected chi connectivity index (χ0v) is 10.6. The zero-order valence-electron chi connectivity index (χ0n) is 10.6. The van der Waals surface area contributed by atoms with Crippen molar-refractivity contribution in [1.82, 2.24) is 10.4 Å². The predicted octanol–water partition coefficient (Wildman–Crippen LogP) is -2.08. The number of rotatable bonds is 2. The number of nitrogens with one attached hydrogen (secondary N) is 1. The second-order valence-electron chi connectivity index (χ2n) is 4.85. The number of carbonyl (C=O) groups is 3. The molecular formula is C11H16N2O6. The lowest BCUT2D eigenvalue weighted by atomic mass is 9.94. The highest BCUT2D eigenvalue weighted by Crippen LogP contribution is 2.38. The van der Waals surface area contributed by atoms with E-state index in [1.54, 1.807) is 0 Å². The minimum atomic E-state index is -1.19. The SMILES string of the molecule is CC(=O)NN1C(=O)[C@@H](OC(C)=O)[C@H]2C[C@@H]1[C@H](O)[C@@H]2O. The van der Waals surface area contributed by atoms with Crippen molar-refractivity contribution in [3.05, 3.63) is 0 Å². The highest BCUT2D eigenvalue weighted by molar-refractivity contribution is 5.87. The van der Waals surface area contributed by atoms with E-state index in [2.05, 4.69) is 5.43 Å². The van der Waals surface area contributed by atoms with Crippen LogP contribution >= 0.6 is 0 Å². The number of piperidine rings is 1. The van der Waals surface area contributed by atoms with Crippen LogP contribution in [0.4, 0.5) is 0 Å². The lowest BCUT2D eigenvalue weighted by Crippen LogP contribution is -2.60. The number of aliphatic hydroxyl groups excluding tert-OH is 2. The van der Waals surface area contributed by atoms with Gasteiger partial charge in [0.05, 0.1) is 12.1 Å². The molecule has 5 atom stereocenters. The van der Waals surface area contributed by atoms with Gasteiger partial charge in [-0.05, 0) is 6.42 Å². The third-order valence-electron chi connectivity index (χ3n) is 3.47. The van der Waals surface area contributed by atoms with Gasteiger partial charge in [-0.2, -0.15) is 0 Å². The van der Waals surface area contributed by atoms with Crippen LogP contribution in [0.2, 0.25) is 0 Å². The summed E-state index contributed by atoms with van der Waals surface area (Å²) in [6.07, 6.45) is -3.28. The van der Waals surface area contributed by atoms with Crippen LogP contribution in [0.15, 0.2) is 0 Å². The predicted molar refractivity (Wildman–Crippen MR) is 60.1 cm³/mol. The van der Waals surface area contributed by atoms with E-state index < -0.39 is 48.1 Å². The van der Waals surface area contributed by atoms with Crippen molar-refractivity contribution < 1.29 is 29.3 Å². The molecule has 0 unspecified atom stereocenters. The Morgan fingerprint density at radius 1 is 1.32 bits per heavy atom. The number of hydrogen-bond donors (Lipinski definition) is 3. The number of aliphatic hydroxyl groups is 2. The Kier molecular flexibility index (Phi) is 3.46. The molecule has 1 aliphatic carbocycles. The number of amides is 2. The number of ether oxygens (including phenoxy) is 1. The van der Waals surface area contributed by atoms with Crippen molar-refractivity contribution >= 4 is 17.8 Å². The molecule has 0 aromatic rings. The summed E-state index contributed by atoms with van der Waals surface area (Å²) in [4.78, 5) is 34.3. The maximum Gasteiger partial charge on any atom is 0.303 e. The van der Waals surface area contributed by atoms with Gasteiger partial charge >= 0.3 is 5.97 Å². The lowest BCUT2D eigenvalue weighted by Gasteiger charge is -2.36. The van der Waals surface area contributed by atoms with Crippen LogP contribution < -0.4 is 5.43 Å². The van der Waals surface area contributed by atoms with Crippen molar-refractivity contribution in [3.8, 4) is 0 Å². The number of carbonyl (C=O) groups excluding carboxylic acids is 3. The van der Waals surface area contributed by atoms with E-state index in [0.717, 1.165) is 11.9 Å². The van der Waals surface area contributed by atoms with E-state index in [9.17, 15) is 24.6 Å². The summed E-state index contributed by atoms with van der Waals surface area (Å²) in [5.74, 6) is -2.43. The Balaban J connectivity index is 2.28. The van der Waals surface area contributed by atoms with Crippen LogP contribution in [0.3, 0.4) is 0 Å². The smallest absolute Gasteiger partial charge is 0.303 e. The number of nitrogens with zero attached hydrogens (tertiary/aromatic N) is 1. The Hall–Kier alpha value is -1.67. The molecule has 8 heteroatoms. The van der Waals surface area contributed by atoms with Gasteiger partial charge in [0.2, 0.25) is 5.91 Å². The van der Waals surface area contributed by atoms with Crippen molar-refractivity contribution in [2.45, 2.75) is 44.6 Å². The van der Waals surface area contributed by atoms with E-state index in [1.165, 1.54) is 6.92 Å². The molecule has 1 saturated carbocycles. The minimum absolute atomic E-state index is 0.256. The van der Waals surface area contributed by atoms with Gasteiger partial charge in [0.25, 0.3) is 5.91 Å². The molecule has 0 aromatic heterocycles. The third-order valence-corrected chi connectivity index (χ3v) is 3.47. The molecule has 8 nitrogen and oxygen atoms in total. The molecule has 2 amide bonds. The Morgan fingerprint density at radius 3 is 2.47 bits per heavy atom. The maximum absolute atomic E-state index is 12.2. The second kappa shape index (κ2) is 4.78. The Labute approximate surface area is 109 Å². The second-order valence-corrected chi connectivity index (χ2v) is 4.85. The fourth-order valence-electron chi connectivity index (χ4n) is 2.71. The van der Waals surface area contributed by atoms with Crippen LogP contribution in [0.1, 0.15) is 20.3 Å². The largest absolute Gasteiger partial charge is 0.452 e. The lowest BCUT2D eigenvalue weighted by molar-refractivity contribution is -0.171. The van der Waals surface area contributed by atoms with E-state index in [4.69, 9.17) is 4.74 Å². The van der Waals surface area contributed by atoms with Gasteiger partial charge in [0, 0.05) is 19.8 Å². The van der Waals surface area contributed by atoms with Crippen molar-refractivity contribution in [1.29, 1.82) is 0 Å². The summed E-state index contributed by atoms with van der Waals surface area (Å²) in [5.41, 5.74) is 2.30. The highest BCUT2D eigenvalue weighted by Gasteiger charge is 2.57. The van der Waals surface area contributed by atoms with Gasteiger partial charge in [-0.1, -0.05) is 0 Å². The fourth-order valence-corrected chi connectivity index (χ4v) is 2.71. The molecule has 1 heterocycles. The summed E-state index contributed by atoms with van der Waals surface area (Å²) in [5, 5.41) is 20.7. The molecule has 2 rings (SSSR count). The molecule has 1 saturated heterocycles. The molecule has 3 N–H and O–H groups in total. The number of hydrazine groups is 1. The van der Waals surface area contributed by atoms with E-state index in [0.29, 0.717) is 0 Å². The summed E-state index contributed by atoms with van der Waals surface area (Å²) in [6.45, 7) is 2.37. The van der Waals surface area contributed by atoms with Crippen molar-refractivity contribution in [2.75, 3.05) is 0 Å². The van der Waals surface area contributed by atoms with Crippen LogP contribution in [-0.2, 0) is 19.1 Å². The molecule has 1 aliphatic heterocycles. The van der Waals surface area contributed by atoms with Gasteiger partial charge in [0.1, 0.15) is 6.10 Å². The Bertz CT molecular complexity index is 389. The molecule has 0 spiro atoms. The van der Waals surface area contributed by atoms with Crippen LogP contribution in [0.25, 0.3) is 0 Å². The van der Waals surface area contributed by atoms with Crippen molar-refractivity contribution in [2.24, 2.45) is 5.92 Å². The third kappa shape index (κ3) is 2.28. The maximum atomic E-state index is 12.2. The minimum Gasteiger partial charge on any atom is -0.452 e. The summed E-state index contributed by atoms with van der Waals surface area (Å²) >= 11 is 0. The summed E-state index contributed by atoms with van der Waals surface area (Å²) in [7, 11) is 0. The standard InChI is InChI=1S/C11H16N2O6/c1-4(14)12-13-7-3-6(8(16)9(7)17)10(11(13)18)19-5(2)15/h6-10,16-17H,3H2,1-2H3,(H,12,14)/t6-,7+,8+,9-,10-/m0/s1. The first-order chi connectivity index (χ1) is 8.82. The van der Waals surface area contributed by atoms with Crippen LogP contribution in [0.5, 0.6) is 0 Å². The first-order valence-corrected chi connectivity index (χ1v) is 5.96.